The summed E-state index contributed by atoms with van der Waals surface area (Å²) >= 11 is 0. The van der Waals surface area contributed by atoms with Gasteiger partial charge in [-0.1, -0.05) is 19.9 Å². The highest BCUT2D eigenvalue weighted by molar-refractivity contribution is 5.87. The van der Waals surface area contributed by atoms with Crippen LogP contribution in [0.3, 0.4) is 0 Å². The van der Waals surface area contributed by atoms with E-state index in [9.17, 15) is 4.79 Å². The van der Waals surface area contributed by atoms with E-state index in [0.29, 0.717) is 5.92 Å². The molecule has 0 radical (unpaired) electrons. The number of amides is 1. The first-order chi connectivity index (χ1) is 7.10. The van der Waals surface area contributed by atoms with Crippen LogP contribution in [0.5, 0.6) is 0 Å². The van der Waals surface area contributed by atoms with E-state index in [1.165, 1.54) is 0 Å². The van der Waals surface area contributed by atoms with Gasteiger partial charge in [-0.05, 0) is 30.3 Å². The number of allylic oxidation sites excluding steroid dienone is 1. The molecule has 1 rings (SSSR count). The Morgan fingerprint density at radius 1 is 1.40 bits per heavy atom. The lowest BCUT2D eigenvalue weighted by Gasteiger charge is -2.38. The zero-order chi connectivity index (χ0) is 11.3. The maximum atomic E-state index is 11.2. The molecule has 0 bridgehead atoms. The second kappa shape index (κ2) is 5.31. The Bertz CT molecular complexity index is 240. The molecule has 1 aliphatic rings. The summed E-state index contributed by atoms with van der Waals surface area (Å²) in [4.78, 5) is 11.2. The lowest BCUT2D eigenvalue weighted by molar-refractivity contribution is -0.116. The van der Waals surface area contributed by atoms with Crippen molar-refractivity contribution in [3.63, 3.8) is 0 Å². The van der Waals surface area contributed by atoms with E-state index in [1.54, 1.807) is 13.1 Å². The number of likely N-dealkylation sites (N-methyl/N-ethyl adjacent to an activating group) is 1. The van der Waals surface area contributed by atoms with Gasteiger partial charge in [-0.25, -0.2) is 0 Å². The van der Waals surface area contributed by atoms with Crippen molar-refractivity contribution in [2.24, 2.45) is 11.3 Å². The fourth-order valence-electron chi connectivity index (χ4n) is 2.01. The number of carbonyl (C=O) groups excluding carboxylic acids is 1. The highest BCUT2D eigenvalue weighted by Crippen LogP contribution is 2.39. The minimum absolute atomic E-state index is 0.0264. The molecule has 1 saturated heterocycles. The van der Waals surface area contributed by atoms with Crippen LogP contribution in [0.15, 0.2) is 12.2 Å². The summed E-state index contributed by atoms with van der Waals surface area (Å²) in [6, 6.07) is 0. The lowest BCUT2D eigenvalue weighted by Crippen LogP contribution is -2.33. The molecule has 86 valence electrons. The van der Waals surface area contributed by atoms with Crippen LogP contribution in [0.25, 0.3) is 0 Å². The van der Waals surface area contributed by atoms with E-state index < -0.39 is 0 Å². The van der Waals surface area contributed by atoms with Crippen molar-refractivity contribution in [3.05, 3.63) is 12.2 Å². The topological polar surface area (TPSA) is 38.3 Å². The van der Waals surface area contributed by atoms with Crippen molar-refractivity contribution in [1.29, 1.82) is 0 Å². The molecular formula is C12H21NO2. The molecule has 1 fully saturated rings. The molecule has 0 unspecified atom stereocenters. The van der Waals surface area contributed by atoms with Gasteiger partial charge in [0.05, 0.1) is 0 Å². The Hall–Kier alpha value is -0.830. The van der Waals surface area contributed by atoms with Crippen molar-refractivity contribution in [2.75, 3.05) is 20.3 Å². The molecule has 0 aromatic carbocycles. The molecule has 3 nitrogen and oxygen atoms in total. The fraction of sp³-hybridized carbons (Fsp3) is 0.750. The summed E-state index contributed by atoms with van der Waals surface area (Å²) < 4.78 is 5.37. The maximum Gasteiger partial charge on any atom is 0.243 e. The molecule has 0 atom stereocenters. The smallest absolute Gasteiger partial charge is 0.243 e. The second-order valence-corrected chi connectivity index (χ2v) is 4.45. The van der Waals surface area contributed by atoms with Crippen LogP contribution in [-0.4, -0.2) is 26.2 Å². The number of nitrogens with one attached hydrogen (secondary N) is 1. The Labute approximate surface area is 91.9 Å². The normalized spacial score (nSPS) is 20.8. The number of hydrogen-bond donors (Lipinski definition) is 1. The minimum atomic E-state index is -0.0264. The van der Waals surface area contributed by atoms with E-state index >= 15 is 0 Å². The number of rotatable bonds is 3. The monoisotopic (exact) mass is 211 g/mol. The summed E-state index contributed by atoms with van der Waals surface area (Å²) in [6.45, 7) is 6.02. The third-order valence-corrected chi connectivity index (χ3v) is 3.39. The summed E-state index contributed by atoms with van der Waals surface area (Å²) in [5.41, 5.74) is 0.144. The van der Waals surface area contributed by atoms with E-state index in [0.717, 1.165) is 26.1 Å². The predicted molar refractivity (Wildman–Crippen MR) is 60.5 cm³/mol. The molecule has 3 heteroatoms. The SMILES string of the molecule is CNC(=O)/C=C/C1(C(C)C)CCOCC1. The van der Waals surface area contributed by atoms with Gasteiger partial charge in [-0.3, -0.25) is 4.79 Å². The van der Waals surface area contributed by atoms with Gasteiger partial charge in [0.15, 0.2) is 0 Å². The first kappa shape index (κ1) is 12.2. The van der Waals surface area contributed by atoms with Crippen molar-refractivity contribution < 1.29 is 9.53 Å². The number of hydrogen-bond acceptors (Lipinski definition) is 2. The summed E-state index contributed by atoms with van der Waals surface area (Å²) in [5.74, 6) is 0.517. The van der Waals surface area contributed by atoms with Crippen LogP contribution >= 0.6 is 0 Å². The number of carbonyl (C=O) groups is 1. The highest BCUT2D eigenvalue weighted by Gasteiger charge is 2.33. The molecule has 0 spiro atoms. The second-order valence-electron chi connectivity index (χ2n) is 4.45. The van der Waals surface area contributed by atoms with Crippen LogP contribution in [-0.2, 0) is 9.53 Å². The van der Waals surface area contributed by atoms with Crippen molar-refractivity contribution >= 4 is 5.91 Å². The molecule has 0 saturated carbocycles. The molecule has 15 heavy (non-hydrogen) atoms. The quantitative estimate of drug-likeness (QED) is 0.722. The zero-order valence-electron chi connectivity index (χ0n) is 9.88. The van der Waals surface area contributed by atoms with Crippen LogP contribution in [0.4, 0.5) is 0 Å². The fourth-order valence-corrected chi connectivity index (χ4v) is 2.01. The first-order valence-electron chi connectivity index (χ1n) is 5.59. The Kier molecular flexibility index (Phi) is 4.33. The summed E-state index contributed by atoms with van der Waals surface area (Å²) in [7, 11) is 1.65. The van der Waals surface area contributed by atoms with Gasteiger partial charge in [0, 0.05) is 20.3 Å². The summed E-state index contributed by atoms with van der Waals surface area (Å²) in [6.07, 6.45) is 5.75. The average molecular weight is 211 g/mol. The standard InChI is InChI=1S/C12H21NO2/c1-10(2)12(5-4-11(14)13-3)6-8-15-9-7-12/h4-5,10H,6-9H2,1-3H3,(H,13,14)/b5-4+. The van der Waals surface area contributed by atoms with Crippen LogP contribution in [0.2, 0.25) is 0 Å². The Morgan fingerprint density at radius 3 is 2.47 bits per heavy atom. The largest absolute Gasteiger partial charge is 0.381 e. The van der Waals surface area contributed by atoms with Crippen LogP contribution in [0.1, 0.15) is 26.7 Å². The molecule has 0 aliphatic carbocycles. The van der Waals surface area contributed by atoms with Gasteiger partial charge in [-0.2, -0.15) is 0 Å². The Morgan fingerprint density at radius 2 is 2.00 bits per heavy atom. The van der Waals surface area contributed by atoms with Gasteiger partial charge in [0.25, 0.3) is 0 Å². The van der Waals surface area contributed by atoms with E-state index in [2.05, 4.69) is 25.2 Å². The highest BCUT2D eigenvalue weighted by atomic mass is 16.5. The van der Waals surface area contributed by atoms with Crippen LogP contribution in [0, 0.1) is 11.3 Å². The molecule has 1 aliphatic heterocycles. The van der Waals surface area contributed by atoms with Crippen molar-refractivity contribution in [3.8, 4) is 0 Å². The van der Waals surface area contributed by atoms with Crippen LogP contribution < -0.4 is 5.32 Å². The van der Waals surface area contributed by atoms with E-state index in [4.69, 9.17) is 4.74 Å². The third kappa shape index (κ3) is 3.06. The first-order valence-corrected chi connectivity index (χ1v) is 5.59. The molecule has 0 aromatic heterocycles. The number of ether oxygens (including phenoxy) is 1. The predicted octanol–water partition coefficient (Wildman–Crippen LogP) is 1.74. The van der Waals surface area contributed by atoms with Gasteiger partial charge in [0.1, 0.15) is 0 Å². The average Bonchev–Trinajstić information content (AvgIpc) is 2.27. The molecular weight excluding hydrogens is 190 g/mol. The van der Waals surface area contributed by atoms with Gasteiger partial charge in [0.2, 0.25) is 5.91 Å². The molecule has 1 heterocycles. The molecule has 1 amide bonds. The third-order valence-electron chi connectivity index (χ3n) is 3.39. The minimum Gasteiger partial charge on any atom is -0.381 e. The zero-order valence-corrected chi connectivity index (χ0v) is 9.88. The van der Waals surface area contributed by atoms with Gasteiger partial charge in [-0.15, -0.1) is 0 Å². The van der Waals surface area contributed by atoms with Crippen molar-refractivity contribution in [2.45, 2.75) is 26.7 Å². The maximum absolute atomic E-state index is 11.2. The van der Waals surface area contributed by atoms with Gasteiger partial charge >= 0.3 is 0 Å². The van der Waals surface area contributed by atoms with Crippen molar-refractivity contribution in [1.82, 2.24) is 5.32 Å². The van der Waals surface area contributed by atoms with E-state index in [-0.39, 0.29) is 11.3 Å². The van der Waals surface area contributed by atoms with E-state index in [1.807, 2.05) is 0 Å². The molecule has 1 N–H and O–H groups in total. The summed E-state index contributed by atoms with van der Waals surface area (Å²) in [5, 5.41) is 2.60. The van der Waals surface area contributed by atoms with Gasteiger partial charge < -0.3 is 10.1 Å². The molecule has 0 aromatic rings. The lowest BCUT2D eigenvalue weighted by atomic mass is 9.71. The Balaban J connectivity index is 2.72.